The lowest BCUT2D eigenvalue weighted by molar-refractivity contribution is -0.0438. The number of rotatable bonds is 3. The van der Waals surface area contributed by atoms with Crippen molar-refractivity contribution in [3.8, 4) is 0 Å². The zero-order valence-electron chi connectivity index (χ0n) is 11.7. The molecule has 1 fully saturated rings. The lowest BCUT2D eigenvalue weighted by Gasteiger charge is -2.40. The SMILES string of the molecule is CCSc1ccc(C(=O)N2CC[C@](C)(O)[C@H](C)C2)s1. The van der Waals surface area contributed by atoms with Gasteiger partial charge in [0.1, 0.15) is 0 Å². The van der Waals surface area contributed by atoms with Gasteiger partial charge >= 0.3 is 0 Å². The molecule has 0 saturated carbocycles. The summed E-state index contributed by atoms with van der Waals surface area (Å²) in [5.74, 6) is 1.25. The maximum absolute atomic E-state index is 12.4. The van der Waals surface area contributed by atoms with Gasteiger partial charge in [-0.05, 0) is 31.2 Å². The lowest BCUT2D eigenvalue weighted by atomic mass is 9.84. The lowest BCUT2D eigenvalue weighted by Crippen LogP contribution is -2.50. The summed E-state index contributed by atoms with van der Waals surface area (Å²) in [6, 6.07) is 3.94. The molecule has 2 rings (SSSR count). The Hall–Kier alpha value is -0.520. The molecular weight excluding hydrogens is 278 g/mol. The van der Waals surface area contributed by atoms with Crippen LogP contribution in [-0.4, -0.2) is 40.4 Å². The zero-order chi connectivity index (χ0) is 14.0. The molecule has 0 aliphatic carbocycles. The number of hydrogen-bond acceptors (Lipinski definition) is 4. The van der Waals surface area contributed by atoms with E-state index in [-0.39, 0.29) is 11.8 Å². The second-order valence-corrected chi connectivity index (χ2v) is 7.96. The zero-order valence-corrected chi connectivity index (χ0v) is 13.3. The minimum absolute atomic E-state index is 0.107. The third-order valence-electron chi connectivity index (χ3n) is 3.81. The van der Waals surface area contributed by atoms with Crippen molar-refractivity contribution >= 4 is 29.0 Å². The van der Waals surface area contributed by atoms with Crippen LogP contribution in [0.15, 0.2) is 16.3 Å². The number of amides is 1. The Morgan fingerprint density at radius 3 is 3.00 bits per heavy atom. The predicted molar refractivity (Wildman–Crippen MR) is 81.0 cm³/mol. The van der Waals surface area contributed by atoms with E-state index in [2.05, 4.69) is 6.92 Å². The molecule has 0 bridgehead atoms. The summed E-state index contributed by atoms with van der Waals surface area (Å²) in [4.78, 5) is 15.1. The van der Waals surface area contributed by atoms with Gasteiger partial charge < -0.3 is 10.0 Å². The summed E-state index contributed by atoms with van der Waals surface area (Å²) in [6.07, 6.45) is 0.655. The van der Waals surface area contributed by atoms with Crippen molar-refractivity contribution < 1.29 is 9.90 Å². The topological polar surface area (TPSA) is 40.5 Å². The fourth-order valence-electron chi connectivity index (χ4n) is 2.22. The summed E-state index contributed by atoms with van der Waals surface area (Å²) in [5, 5.41) is 10.1. The van der Waals surface area contributed by atoms with Crippen LogP contribution in [0.25, 0.3) is 0 Å². The van der Waals surface area contributed by atoms with Crippen molar-refractivity contribution in [1.82, 2.24) is 4.90 Å². The summed E-state index contributed by atoms with van der Waals surface area (Å²) in [6.45, 7) is 7.26. The Labute approximate surface area is 123 Å². The molecule has 3 nitrogen and oxygen atoms in total. The molecule has 19 heavy (non-hydrogen) atoms. The molecule has 2 heterocycles. The van der Waals surface area contributed by atoms with Crippen molar-refractivity contribution in [2.75, 3.05) is 18.8 Å². The average Bonchev–Trinajstić information content (AvgIpc) is 2.81. The van der Waals surface area contributed by atoms with E-state index < -0.39 is 5.60 Å². The number of hydrogen-bond donors (Lipinski definition) is 1. The van der Waals surface area contributed by atoms with E-state index >= 15 is 0 Å². The van der Waals surface area contributed by atoms with E-state index in [1.165, 1.54) is 4.21 Å². The van der Waals surface area contributed by atoms with Crippen LogP contribution < -0.4 is 0 Å². The first kappa shape index (κ1) is 14.9. The molecule has 1 amide bonds. The van der Waals surface area contributed by atoms with Gasteiger partial charge in [0, 0.05) is 19.0 Å². The van der Waals surface area contributed by atoms with Crippen molar-refractivity contribution in [1.29, 1.82) is 0 Å². The molecule has 1 aromatic heterocycles. The second kappa shape index (κ2) is 5.85. The molecule has 0 unspecified atom stereocenters. The quantitative estimate of drug-likeness (QED) is 0.872. The molecule has 0 aromatic carbocycles. The normalized spacial score (nSPS) is 27.6. The molecular formula is C14H21NO2S2. The Morgan fingerprint density at radius 1 is 1.63 bits per heavy atom. The van der Waals surface area contributed by atoms with Crippen LogP contribution in [0.2, 0.25) is 0 Å². The third kappa shape index (κ3) is 3.33. The minimum Gasteiger partial charge on any atom is -0.390 e. The monoisotopic (exact) mass is 299 g/mol. The van der Waals surface area contributed by atoms with E-state index in [0.29, 0.717) is 19.5 Å². The van der Waals surface area contributed by atoms with Gasteiger partial charge in [0.05, 0.1) is 14.7 Å². The van der Waals surface area contributed by atoms with E-state index in [9.17, 15) is 9.90 Å². The highest BCUT2D eigenvalue weighted by Crippen LogP contribution is 2.31. The Morgan fingerprint density at radius 2 is 2.37 bits per heavy atom. The third-order valence-corrected chi connectivity index (χ3v) is 5.99. The Kier molecular flexibility index (Phi) is 4.58. The largest absolute Gasteiger partial charge is 0.390 e. The van der Waals surface area contributed by atoms with Crippen LogP contribution in [-0.2, 0) is 0 Å². The molecule has 1 saturated heterocycles. The van der Waals surface area contributed by atoms with E-state index in [1.807, 2.05) is 30.9 Å². The standard InChI is InChI=1S/C14H21NO2S2/c1-4-18-12-6-5-11(19-12)13(16)15-8-7-14(3,17)10(2)9-15/h5-6,10,17H,4,7-9H2,1-3H3/t10-,14+/m1/s1. The molecule has 2 atom stereocenters. The fourth-order valence-corrected chi connectivity index (χ4v) is 4.23. The van der Waals surface area contributed by atoms with Gasteiger partial charge in [-0.2, -0.15) is 0 Å². The van der Waals surface area contributed by atoms with Gasteiger partial charge in [0.15, 0.2) is 0 Å². The van der Waals surface area contributed by atoms with Crippen molar-refractivity contribution in [2.45, 2.75) is 37.0 Å². The Bertz CT molecular complexity index is 456. The molecule has 1 aromatic rings. The molecule has 1 aliphatic rings. The highest BCUT2D eigenvalue weighted by Gasteiger charge is 2.36. The van der Waals surface area contributed by atoms with Crippen LogP contribution in [0.4, 0.5) is 0 Å². The fraction of sp³-hybridized carbons (Fsp3) is 0.643. The van der Waals surface area contributed by atoms with Gasteiger partial charge in [-0.25, -0.2) is 0 Å². The summed E-state index contributed by atoms with van der Waals surface area (Å²) in [7, 11) is 0. The maximum Gasteiger partial charge on any atom is 0.263 e. The maximum atomic E-state index is 12.4. The van der Waals surface area contributed by atoms with Gasteiger partial charge in [0.2, 0.25) is 0 Å². The van der Waals surface area contributed by atoms with E-state index in [0.717, 1.165) is 10.6 Å². The average molecular weight is 299 g/mol. The number of thiophene rings is 1. The summed E-state index contributed by atoms with van der Waals surface area (Å²) >= 11 is 3.34. The van der Waals surface area contributed by atoms with Crippen LogP contribution in [0.3, 0.4) is 0 Å². The second-order valence-electron chi connectivity index (χ2n) is 5.31. The van der Waals surface area contributed by atoms with E-state index in [4.69, 9.17) is 0 Å². The van der Waals surface area contributed by atoms with Crippen LogP contribution >= 0.6 is 23.1 Å². The molecule has 1 aliphatic heterocycles. The smallest absolute Gasteiger partial charge is 0.263 e. The van der Waals surface area contributed by atoms with Crippen LogP contribution in [0.1, 0.15) is 36.9 Å². The van der Waals surface area contributed by atoms with Gasteiger partial charge in [-0.15, -0.1) is 23.1 Å². The van der Waals surface area contributed by atoms with Crippen molar-refractivity contribution in [3.05, 3.63) is 17.0 Å². The number of aliphatic hydroxyl groups is 1. The van der Waals surface area contributed by atoms with Crippen molar-refractivity contribution in [2.24, 2.45) is 5.92 Å². The molecule has 0 radical (unpaired) electrons. The summed E-state index contributed by atoms with van der Waals surface area (Å²) in [5.41, 5.74) is -0.643. The highest BCUT2D eigenvalue weighted by molar-refractivity contribution is 8.01. The number of piperidine rings is 1. The van der Waals surface area contributed by atoms with Crippen LogP contribution in [0.5, 0.6) is 0 Å². The first-order valence-corrected chi connectivity index (χ1v) is 8.48. The van der Waals surface area contributed by atoms with Crippen LogP contribution in [0, 0.1) is 5.92 Å². The van der Waals surface area contributed by atoms with Gasteiger partial charge in [-0.1, -0.05) is 13.8 Å². The Balaban J connectivity index is 2.03. The number of likely N-dealkylation sites (tertiary alicyclic amines) is 1. The molecule has 0 spiro atoms. The number of carbonyl (C=O) groups is 1. The number of carbonyl (C=O) groups excluding carboxylic acids is 1. The molecule has 5 heteroatoms. The molecule has 106 valence electrons. The van der Waals surface area contributed by atoms with E-state index in [1.54, 1.807) is 23.1 Å². The first-order chi connectivity index (χ1) is 8.94. The van der Waals surface area contributed by atoms with Crippen molar-refractivity contribution in [3.63, 3.8) is 0 Å². The van der Waals surface area contributed by atoms with Gasteiger partial charge in [0.25, 0.3) is 5.91 Å². The van der Waals surface area contributed by atoms with Gasteiger partial charge in [-0.3, -0.25) is 4.79 Å². The predicted octanol–water partition coefficient (Wildman–Crippen LogP) is 3.09. The number of nitrogens with zero attached hydrogens (tertiary/aromatic N) is 1. The number of thioether (sulfide) groups is 1. The minimum atomic E-state index is -0.643. The first-order valence-electron chi connectivity index (χ1n) is 6.68. The summed E-state index contributed by atoms with van der Waals surface area (Å²) < 4.78 is 1.20. The molecule has 1 N–H and O–H groups in total. The highest BCUT2D eigenvalue weighted by atomic mass is 32.2.